The summed E-state index contributed by atoms with van der Waals surface area (Å²) in [6.45, 7) is 0.623. The highest BCUT2D eigenvalue weighted by molar-refractivity contribution is 5.67. The van der Waals surface area contributed by atoms with Crippen molar-refractivity contribution in [3.05, 3.63) is 35.9 Å². The van der Waals surface area contributed by atoms with Gasteiger partial charge in [0, 0.05) is 6.42 Å². The lowest BCUT2D eigenvalue weighted by molar-refractivity contribution is -0.0108. The van der Waals surface area contributed by atoms with Crippen molar-refractivity contribution in [3.63, 3.8) is 0 Å². The average Bonchev–Trinajstić information content (AvgIpc) is 2.36. The smallest absolute Gasteiger partial charge is 0.410 e. The van der Waals surface area contributed by atoms with Crippen molar-refractivity contribution >= 4 is 6.09 Å². The summed E-state index contributed by atoms with van der Waals surface area (Å²) in [6, 6.07) is 9.37. The monoisotopic (exact) mass is 251 g/mol. The first-order valence-electron chi connectivity index (χ1n) is 5.97. The van der Waals surface area contributed by atoms with Crippen molar-refractivity contribution in [1.82, 2.24) is 4.90 Å². The Morgan fingerprint density at radius 1 is 1.22 bits per heavy atom. The maximum Gasteiger partial charge on any atom is 0.410 e. The second kappa shape index (κ2) is 5.84. The van der Waals surface area contributed by atoms with Crippen LogP contribution in [-0.2, 0) is 11.3 Å². The molecule has 0 saturated carbocycles. The van der Waals surface area contributed by atoms with E-state index in [0.29, 0.717) is 6.42 Å². The number of aliphatic hydroxyl groups is 2. The maximum absolute atomic E-state index is 11.7. The summed E-state index contributed by atoms with van der Waals surface area (Å²) in [4.78, 5) is 13.1. The van der Waals surface area contributed by atoms with Gasteiger partial charge in [-0.1, -0.05) is 30.3 Å². The Bertz CT molecular complexity index is 385. The predicted octanol–water partition coefficient (Wildman–Crippen LogP) is 0.751. The number of nitrogens with zero attached hydrogens (tertiary/aromatic N) is 1. The number of carbonyl (C=O) groups is 1. The highest BCUT2D eigenvalue weighted by Crippen LogP contribution is 2.12. The summed E-state index contributed by atoms with van der Waals surface area (Å²) in [5.74, 6) is 0. The SMILES string of the molecule is O=C(OCc1ccccc1)N1C[C@H](O)C[C@@H](O)C1. The largest absolute Gasteiger partial charge is 0.445 e. The zero-order valence-corrected chi connectivity index (χ0v) is 10.0. The fourth-order valence-corrected chi connectivity index (χ4v) is 2.01. The molecule has 1 aliphatic heterocycles. The molecule has 1 amide bonds. The molecule has 5 heteroatoms. The van der Waals surface area contributed by atoms with Gasteiger partial charge in [-0.05, 0) is 5.56 Å². The fourth-order valence-electron chi connectivity index (χ4n) is 2.01. The number of hydrogen-bond donors (Lipinski definition) is 2. The van der Waals surface area contributed by atoms with Gasteiger partial charge in [-0.25, -0.2) is 4.79 Å². The van der Waals surface area contributed by atoms with Gasteiger partial charge in [0.05, 0.1) is 25.3 Å². The molecule has 5 nitrogen and oxygen atoms in total. The standard InChI is InChI=1S/C13H17NO4/c15-11-6-12(16)8-14(7-11)13(17)18-9-10-4-2-1-3-5-10/h1-5,11-12,15-16H,6-9H2/t11-,12-/m1/s1. The van der Waals surface area contributed by atoms with Crippen LogP contribution in [0.2, 0.25) is 0 Å². The molecule has 1 aromatic carbocycles. The number of ether oxygens (including phenoxy) is 1. The number of likely N-dealkylation sites (tertiary alicyclic amines) is 1. The lowest BCUT2D eigenvalue weighted by atomic mass is 10.1. The van der Waals surface area contributed by atoms with Gasteiger partial charge in [-0.3, -0.25) is 0 Å². The molecule has 2 rings (SSSR count). The zero-order valence-electron chi connectivity index (χ0n) is 10.0. The first-order valence-corrected chi connectivity index (χ1v) is 5.97. The third kappa shape index (κ3) is 3.45. The van der Waals surface area contributed by atoms with Crippen LogP contribution in [0.1, 0.15) is 12.0 Å². The summed E-state index contributed by atoms with van der Waals surface area (Å²) >= 11 is 0. The zero-order chi connectivity index (χ0) is 13.0. The molecule has 98 valence electrons. The molecule has 0 unspecified atom stereocenters. The van der Waals surface area contributed by atoms with Crippen LogP contribution in [0.25, 0.3) is 0 Å². The predicted molar refractivity (Wildman–Crippen MR) is 64.8 cm³/mol. The van der Waals surface area contributed by atoms with E-state index in [0.717, 1.165) is 5.56 Å². The van der Waals surface area contributed by atoms with Crippen molar-refractivity contribution in [3.8, 4) is 0 Å². The van der Waals surface area contributed by atoms with Gasteiger partial charge in [0.2, 0.25) is 0 Å². The highest BCUT2D eigenvalue weighted by atomic mass is 16.6. The van der Waals surface area contributed by atoms with Gasteiger partial charge < -0.3 is 19.8 Å². The molecule has 2 N–H and O–H groups in total. The molecule has 1 aromatic rings. The Morgan fingerprint density at radius 2 is 1.83 bits per heavy atom. The van der Waals surface area contributed by atoms with E-state index in [-0.39, 0.29) is 19.7 Å². The molecular weight excluding hydrogens is 234 g/mol. The third-order valence-corrected chi connectivity index (χ3v) is 2.87. The van der Waals surface area contributed by atoms with Crippen LogP contribution in [0, 0.1) is 0 Å². The molecular formula is C13H17NO4. The van der Waals surface area contributed by atoms with Gasteiger partial charge in [0.1, 0.15) is 6.61 Å². The summed E-state index contributed by atoms with van der Waals surface area (Å²) in [6.07, 6.45) is -1.56. The van der Waals surface area contributed by atoms with Crippen LogP contribution >= 0.6 is 0 Å². The number of aliphatic hydroxyl groups excluding tert-OH is 2. The molecule has 1 fully saturated rings. The Balaban J connectivity index is 1.84. The van der Waals surface area contributed by atoms with E-state index in [4.69, 9.17) is 4.74 Å². The third-order valence-electron chi connectivity index (χ3n) is 2.87. The van der Waals surface area contributed by atoms with E-state index in [1.165, 1.54) is 4.90 Å². The summed E-state index contributed by atoms with van der Waals surface area (Å²) < 4.78 is 5.13. The van der Waals surface area contributed by atoms with Gasteiger partial charge in [-0.2, -0.15) is 0 Å². The Hall–Kier alpha value is -1.59. The average molecular weight is 251 g/mol. The Labute approximate surface area is 106 Å². The highest BCUT2D eigenvalue weighted by Gasteiger charge is 2.28. The van der Waals surface area contributed by atoms with Crippen LogP contribution in [0.4, 0.5) is 4.79 Å². The number of rotatable bonds is 2. The lowest BCUT2D eigenvalue weighted by Crippen LogP contribution is -2.48. The molecule has 1 aliphatic rings. The Morgan fingerprint density at radius 3 is 2.44 bits per heavy atom. The second-order valence-electron chi connectivity index (χ2n) is 4.49. The number of hydrogen-bond acceptors (Lipinski definition) is 4. The molecule has 0 bridgehead atoms. The molecule has 0 radical (unpaired) electrons. The minimum Gasteiger partial charge on any atom is -0.445 e. The number of piperidine rings is 1. The first-order chi connectivity index (χ1) is 8.65. The van der Waals surface area contributed by atoms with Gasteiger partial charge in [0.15, 0.2) is 0 Å². The lowest BCUT2D eigenvalue weighted by Gasteiger charge is -2.32. The van der Waals surface area contributed by atoms with E-state index in [9.17, 15) is 15.0 Å². The topological polar surface area (TPSA) is 70.0 Å². The van der Waals surface area contributed by atoms with Crippen LogP contribution in [0.15, 0.2) is 30.3 Å². The number of β-amino-alcohol motifs (C(OH)–C–C–N with tert-alkyl or cyclic N) is 2. The molecule has 0 aliphatic carbocycles. The van der Waals surface area contributed by atoms with E-state index >= 15 is 0 Å². The maximum atomic E-state index is 11.7. The van der Waals surface area contributed by atoms with E-state index < -0.39 is 18.3 Å². The minimum atomic E-state index is -0.682. The van der Waals surface area contributed by atoms with E-state index in [1.807, 2.05) is 30.3 Å². The van der Waals surface area contributed by atoms with Crippen LogP contribution in [0.3, 0.4) is 0 Å². The summed E-state index contributed by atoms with van der Waals surface area (Å²) in [5, 5.41) is 18.9. The molecule has 0 spiro atoms. The minimum absolute atomic E-state index is 0.197. The van der Waals surface area contributed by atoms with E-state index in [1.54, 1.807) is 0 Å². The molecule has 0 aromatic heterocycles. The molecule has 2 atom stereocenters. The second-order valence-corrected chi connectivity index (χ2v) is 4.49. The van der Waals surface area contributed by atoms with Gasteiger partial charge in [0.25, 0.3) is 0 Å². The van der Waals surface area contributed by atoms with E-state index in [2.05, 4.69) is 0 Å². The Kier molecular flexibility index (Phi) is 4.17. The summed E-state index contributed by atoms with van der Waals surface area (Å²) in [7, 11) is 0. The first kappa shape index (κ1) is 12.9. The number of carbonyl (C=O) groups excluding carboxylic acids is 1. The van der Waals surface area contributed by atoms with Gasteiger partial charge >= 0.3 is 6.09 Å². The van der Waals surface area contributed by atoms with Crippen molar-refractivity contribution in [1.29, 1.82) is 0 Å². The van der Waals surface area contributed by atoms with Crippen molar-refractivity contribution in [2.45, 2.75) is 25.2 Å². The fraction of sp³-hybridized carbons (Fsp3) is 0.462. The van der Waals surface area contributed by atoms with Crippen LogP contribution < -0.4 is 0 Å². The quantitative estimate of drug-likeness (QED) is 0.813. The number of benzene rings is 1. The van der Waals surface area contributed by atoms with Crippen molar-refractivity contribution in [2.24, 2.45) is 0 Å². The normalized spacial score (nSPS) is 23.8. The van der Waals surface area contributed by atoms with Crippen molar-refractivity contribution < 1.29 is 19.7 Å². The molecule has 1 saturated heterocycles. The van der Waals surface area contributed by atoms with Crippen molar-refractivity contribution in [2.75, 3.05) is 13.1 Å². The number of amides is 1. The molecule has 18 heavy (non-hydrogen) atoms. The van der Waals surface area contributed by atoms with Gasteiger partial charge in [-0.15, -0.1) is 0 Å². The molecule has 1 heterocycles. The van der Waals surface area contributed by atoms with Crippen LogP contribution in [-0.4, -0.2) is 46.5 Å². The van der Waals surface area contributed by atoms with Crippen LogP contribution in [0.5, 0.6) is 0 Å². The summed E-state index contributed by atoms with van der Waals surface area (Å²) in [5.41, 5.74) is 0.906.